The minimum absolute atomic E-state index is 0. The normalized spacial score (nSPS) is 10.5. The van der Waals surface area contributed by atoms with Crippen molar-refractivity contribution >= 4 is 0 Å². The Morgan fingerprint density at radius 1 is 0.818 bits per heavy atom. The van der Waals surface area contributed by atoms with Gasteiger partial charge < -0.3 is 22.1 Å². The molecule has 0 unspecified atom stereocenters. The fourth-order valence-corrected chi connectivity index (χ4v) is 2.67. The van der Waals surface area contributed by atoms with Crippen LogP contribution in [0.2, 0.25) is 0 Å². The summed E-state index contributed by atoms with van der Waals surface area (Å²) < 4.78 is 2.28. The maximum absolute atomic E-state index is 8.74. The van der Waals surface area contributed by atoms with Gasteiger partial charge in [-0.05, 0) is 31.2 Å². The fraction of sp³-hybridized carbons (Fsp3) is 0.737. The number of aryl methyl sites for hydroxylation is 2. The van der Waals surface area contributed by atoms with E-state index in [9.17, 15) is 0 Å². The summed E-state index contributed by atoms with van der Waals surface area (Å²) >= 11 is 0. The Morgan fingerprint density at radius 2 is 1.41 bits per heavy atom. The smallest absolute Gasteiger partial charge is 0.169 e. The van der Waals surface area contributed by atoms with E-state index in [1.54, 1.807) is 0 Å². The first-order chi connectivity index (χ1) is 10.4. The largest absolute Gasteiger partial charge is 1.00 e. The number of rotatable bonds is 13. The first-order valence-electron chi connectivity index (χ1n) is 8.95. The van der Waals surface area contributed by atoms with Crippen molar-refractivity contribution in [1.29, 1.82) is 0 Å². The maximum atomic E-state index is 8.74. The average Bonchev–Trinajstić information content (AvgIpc) is 2.52. The van der Waals surface area contributed by atoms with Crippen LogP contribution >= 0.6 is 0 Å². The number of pyridine rings is 1. The van der Waals surface area contributed by atoms with Crippen LogP contribution in [-0.4, -0.2) is 11.7 Å². The number of aliphatic hydroxyl groups is 1. The molecule has 0 spiro atoms. The predicted molar refractivity (Wildman–Crippen MR) is 89.3 cm³/mol. The standard InChI is InChI=1S/C19H34NO.BrH/c1-2-3-4-5-6-9-12-19-13-16-20(17-14-19)15-10-7-8-11-18-21;/h13-14,16-17,21H,2-12,15,18H2,1H3;1H/q+1;/p-1. The molecule has 22 heavy (non-hydrogen) atoms. The molecular weight excluding hydrogens is 338 g/mol. The molecule has 2 nitrogen and oxygen atoms in total. The van der Waals surface area contributed by atoms with Gasteiger partial charge >= 0.3 is 0 Å². The third kappa shape index (κ3) is 11.2. The van der Waals surface area contributed by atoms with Gasteiger partial charge in [0, 0.05) is 25.2 Å². The Kier molecular flexibility index (Phi) is 15.2. The van der Waals surface area contributed by atoms with Crippen LogP contribution < -0.4 is 21.5 Å². The molecule has 0 radical (unpaired) electrons. The van der Waals surface area contributed by atoms with Crippen LogP contribution in [0.4, 0.5) is 0 Å². The summed E-state index contributed by atoms with van der Waals surface area (Å²) in [5, 5.41) is 8.74. The summed E-state index contributed by atoms with van der Waals surface area (Å²) in [5.41, 5.74) is 1.47. The molecular formula is C19H34BrNO. The number of halogens is 1. The molecule has 1 heterocycles. The van der Waals surface area contributed by atoms with Crippen molar-refractivity contribution in [2.24, 2.45) is 0 Å². The minimum atomic E-state index is 0. The van der Waals surface area contributed by atoms with Crippen molar-refractivity contribution in [1.82, 2.24) is 0 Å². The highest BCUT2D eigenvalue weighted by Crippen LogP contribution is 2.09. The van der Waals surface area contributed by atoms with E-state index in [2.05, 4.69) is 36.0 Å². The summed E-state index contributed by atoms with van der Waals surface area (Å²) in [4.78, 5) is 0. The number of nitrogens with zero attached hydrogens (tertiary/aromatic N) is 1. The maximum Gasteiger partial charge on any atom is 0.169 e. The van der Waals surface area contributed by atoms with Crippen molar-refractivity contribution in [3.63, 3.8) is 0 Å². The molecule has 1 aromatic heterocycles. The number of hydrogen-bond acceptors (Lipinski definition) is 1. The zero-order valence-electron chi connectivity index (χ0n) is 14.3. The molecule has 0 amide bonds. The van der Waals surface area contributed by atoms with Gasteiger partial charge in [0.1, 0.15) is 6.54 Å². The fourth-order valence-electron chi connectivity index (χ4n) is 2.67. The lowest BCUT2D eigenvalue weighted by atomic mass is 10.1. The van der Waals surface area contributed by atoms with Gasteiger partial charge in [-0.3, -0.25) is 0 Å². The SMILES string of the molecule is CCCCCCCCc1cc[n+](CCCCCCO)cc1.[Br-]. The van der Waals surface area contributed by atoms with E-state index in [-0.39, 0.29) is 17.0 Å². The van der Waals surface area contributed by atoms with Crippen LogP contribution in [0.15, 0.2) is 24.5 Å². The summed E-state index contributed by atoms with van der Waals surface area (Å²) in [6.07, 6.45) is 18.4. The molecule has 0 aliphatic carbocycles. The Hall–Kier alpha value is -0.410. The van der Waals surface area contributed by atoms with Gasteiger partial charge in [-0.2, -0.15) is 0 Å². The lowest BCUT2D eigenvalue weighted by Crippen LogP contribution is -3.00. The van der Waals surface area contributed by atoms with Gasteiger partial charge in [0.15, 0.2) is 12.4 Å². The van der Waals surface area contributed by atoms with E-state index in [4.69, 9.17) is 5.11 Å². The van der Waals surface area contributed by atoms with Crippen LogP contribution in [-0.2, 0) is 13.0 Å². The summed E-state index contributed by atoms with van der Waals surface area (Å²) in [5.74, 6) is 0. The first kappa shape index (κ1) is 21.6. The van der Waals surface area contributed by atoms with Crippen molar-refractivity contribution in [3.05, 3.63) is 30.1 Å². The van der Waals surface area contributed by atoms with E-state index >= 15 is 0 Å². The average molecular weight is 372 g/mol. The quantitative estimate of drug-likeness (QED) is 0.411. The Balaban J connectivity index is 0.00000441. The van der Waals surface area contributed by atoms with E-state index in [0.717, 1.165) is 19.4 Å². The van der Waals surface area contributed by atoms with E-state index in [1.807, 2.05) is 0 Å². The van der Waals surface area contributed by atoms with E-state index in [0.29, 0.717) is 6.61 Å². The predicted octanol–water partition coefficient (Wildman–Crippen LogP) is 1.43. The van der Waals surface area contributed by atoms with Gasteiger partial charge in [-0.1, -0.05) is 45.4 Å². The molecule has 1 N–H and O–H groups in total. The van der Waals surface area contributed by atoms with Gasteiger partial charge in [0.25, 0.3) is 0 Å². The molecule has 0 saturated carbocycles. The number of hydrogen-bond donors (Lipinski definition) is 1. The van der Waals surface area contributed by atoms with Crippen LogP contribution in [0.1, 0.15) is 76.7 Å². The lowest BCUT2D eigenvalue weighted by Gasteiger charge is -2.02. The molecule has 0 aromatic carbocycles. The lowest BCUT2D eigenvalue weighted by molar-refractivity contribution is -0.697. The van der Waals surface area contributed by atoms with Crippen molar-refractivity contribution in [3.8, 4) is 0 Å². The number of unbranched alkanes of at least 4 members (excludes halogenated alkanes) is 8. The third-order valence-corrected chi connectivity index (χ3v) is 4.10. The van der Waals surface area contributed by atoms with Crippen LogP contribution in [0.25, 0.3) is 0 Å². The molecule has 0 atom stereocenters. The second-order valence-electron chi connectivity index (χ2n) is 6.10. The summed E-state index contributed by atoms with van der Waals surface area (Å²) in [6.45, 7) is 3.70. The van der Waals surface area contributed by atoms with Gasteiger partial charge in [-0.15, -0.1) is 0 Å². The Bertz CT molecular complexity index is 340. The van der Waals surface area contributed by atoms with Crippen LogP contribution in [0.3, 0.4) is 0 Å². The highest BCUT2D eigenvalue weighted by Gasteiger charge is 2.01. The monoisotopic (exact) mass is 371 g/mol. The summed E-state index contributed by atoms with van der Waals surface area (Å²) in [6, 6.07) is 4.56. The molecule has 1 rings (SSSR count). The van der Waals surface area contributed by atoms with Crippen molar-refractivity contribution in [2.45, 2.75) is 84.1 Å². The zero-order chi connectivity index (χ0) is 15.2. The second kappa shape index (κ2) is 15.5. The highest BCUT2D eigenvalue weighted by molar-refractivity contribution is 5.07. The third-order valence-electron chi connectivity index (χ3n) is 4.10. The van der Waals surface area contributed by atoms with Crippen LogP contribution in [0.5, 0.6) is 0 Å². The molecule has 1 aromatic rings. The Morgan fingerprint density at radius 3 is 2.09 bits per heavy atom. The summed E-state index contributed by atoms with van der Waals surface area (Å²) in [7, 11) is 0. The number of aliphatic hydroxyl groups excluding tert-OH is 1. The van der Waals surface area contributed by atoms with Gasteiger partial charge in [0.2, 0.25) is 0 Å². The topological polar surface area (TPSA) is 24.1 Å². The molecule has 0 saturated heterocycles. The molecule has 3 heteroatoms. The molecule has 0 fully saturated rings. The Labute approximate surface area is 147 Å². The van der Waals surface area contributed by atoms with E-state index < -0.39 is 0 Å². The van der Waals surface area contributed by atoms with Gasteiger partial charge in [0.05, 0.1) is 0 Å². The molecule has 0 aliphatic heterocycles. The minimum Gasteiger partial charge on any atom is -1.00 e. The molecule has 0 aliphatic rings. The van der Waals surface area contributed by atoms with Crippen molar-refractivity contribution < 1.29 is 26.7 Å². The highest BCUT2D eigenvalue weighted by atomic mass is 79.9. The molecule has 0 bridgehead atoms. The van der Waals surface area contributed by atoms with E-state index in [1.165, 1.54) is 63.4 Å². The number of aromatic nitrogens is 1. The van der Waals surface area contributed by atoms with Crippen molar-refractivity contribution in [2.75, 3.05) is 6.61 Å². The van der Waals surface area contributed by atoms with Gasteiger partial charge in [-0.25, -0.2) is 4.57 Å². The second-order valence-corrected chi connectivity index (χ2v) is 6.10. The van der Waals surface area contributed by atoms with Crippen LogP contribution in [0, 0.1) is 0 Å². The first-order valence-corrected chi connectivity index (χ1v) is 8.95. The molecule has 128 valence electrons. The zero-order valence-corrected chi connectivity index (χ0v) is 15.9.